The molecule has 0 bridgehead atoms. The average Bonchev–Trinajstić information content (AvgIpc) is 2.76. The summed E-state index contributed by atoms with van der Waals surface area (Å²) in [6.07, 6.45) is 0.307. The first kappa shape index (κ1) is 17.8. The summed E-state index contributed by atoms with van der Waals surface area (Å²) < 4.78 is 18.1. The summed E-state index contributed by atoms with van der Waals surface area (Å²) in [6, 6.07) is 8.58. The molecule has 132 valence electrons. The van der Waals surface area contributed by atoms with E-state index in [2.05, 4.69) is 70.7 Å². The lowest BCUT2D eigenvalue weighted by atomic mass is 9.79. The highest BCUT2D eigenvalue weighted by Gasteiger charge is 2.51. The van der Waals surface area contributed by atoms with Gasteiger partial charge in [0.1, 0.15) is 0 Å². The number of morpholine rings is 1. The number of nitrogens with zero attached hydrogens (tertiary/aromatic N) is 1. The minimum Gasteiger partial charge on any atom is -0.399 e. The Morgan fingerprint density at radius 2 is 1.62 bits per heavy atom. The molecule has 2 aliphatic heterocycles. The second kappa shape index (κ2) is 6.36. The Balaban J connectivity index is 1.70. The zero-order chi connectivity index (χ0) is 17.5. The molecule has 0 aromatic heterocycles. The van der Waals surface area contributed by atoms with Gasteiger partial charge in [0.25, 0.3) is 0 Å². The van der Waals surface area contributed by atoms with Gasteiger partial charge < -0.3 is 18.9 Å². The molecule has 1 unspecified atom stereocenters. The van der Waals surface area contributed by atoms with Crippen LogP contribution in [0.4, 0.5) is 5.69 Å². The Bertz CT molecular complexity index is 554. The molecule has 2 aliphatic rings. The molecule has 4 nitrogen and oxygen atoms in total. The van der Waals surface area contributed by atoms with E-state index in [1.165, 1.54) is 5.69 Å². The van der Waals surface area contributed by atoms with Gasteiger partial charge in [-0.1, -0.05) is 26.0 Å². The van der Waals surface area contributed by atoms with Crippen molar-refractivity contribution in [3.05, 3.63) is 24.3 Å². The van der Waals surface area contributed by atoms with Gasteiger partial charge >= 0.3 is 7.12 Å². The van der Waals surface area contributed by atoms with Crippen LogP contribution in [-0.2, 0) is 14.0 Å². The third-order valence-corrected chi connectivity index (χ3v) is 5.62. The fraction of sp³-hybridized carbons (Fsp3) is 0.684. The Hall–Kier alpha value is -1.04. The molecule has 0 aliphatic carbocycles. The summed E-state index contributed by atoms with van der Waals surface area (Å²) in [5.41, 5.74) is 1.71. The minimum atomic E-state index is -0.301. The van der Waals surface area contributed by atoms with Crippen LogP contribution in [0, 0.1) is 5.92 Å². The highest BCUT2D eigenvalue weighted by atomic mass is 16.7. The summed E-state index contributed by atoms with van der Waals surface area (Å²) in [5.74, 6) is 0.539. The van der Waals surface area contributed by atoms with Crippen LogP contribution in [0.1, 0.15) is 41.5 Å². The lowest BCUT2D eigenvalue weighted by Gasteiger charge is -2.36. The molecular formula is C19H30BNO3. The fourth-order valence-electron chi connectivity index (χ4n) is 3.13. The zero-order valence-corrected chi connectivity index (χ0v) is 15.8. The Kier molecular flexibility index (Phi) is 4.71. The Morgan fingerprint density at radius 1 is 1.04 bits per heavy atom. The first-order valence-corrected chi connectivity index (χ1v) is 9.02. The van der Waals surface area contributed by atoms with Crippen LogP contribution >= 0.6 is 0 Å². The van der Waals surface area contributed by atoms with Crippen LogP contribution in [0.5, 0.6) is 0 Å². The maximum Gasteiger partial charge on any atom is 0.494 e. The van der Waals surface area contributed by atoms with E-state index in [9.17, 15) is 0 Å². The van der Waals surface area contributed by atoms with Gasteiger partial charge in [-0.25, -0.2) is 0 Å². The highest BCUT2D eigenvalue weighted by Crippen LogP contribution is 2.36. The number of ether oxygens (including phenoxy) is 1. The zero-order valence-electron chi connectivity index (χ0n) is 15.8. The van der Waals surface area contributed by atoms with E-state index in [1.807, 2.05) is 0 Å². The molecule has 0 N–H and O–H groups in total. The second-order valence-corrected chi connectivity index (χ2v) is 8.28. The minimum absolute atomic E-state index is 0.294. The molecule has 3 rings (SSSR count). The van der Waals surface area contributed by atoms with E-state index < -0.39 is 0 Å². The molecule has 0 radical (unpaired) electrons. The van der Waals surface area contributed by atoms with E-state index in [-0.39, 0.29) is 18.3 Å². The Labute approximate surface area is 146 Å². The summed E-state index contributed by atoms with van der Waals surface area (Å²) in [5, 5.41) is 0. The van der Waals surface area contributed by atoms with Crippen LogP contribution in [-0.4, -0.2) is 44.1 Å². The van der Waals surface area contributed by atoms with Crippen molar-refractivity contribution >= 4 is 18.3 Å². The average molecular weight is 331 g/mol. The van der Waals surface area contributed by atoms with E-state index in [0.29, 0.717) is 12.0 Å². The third kappa shape index (κ3) is 3.35. The van der Waals surface area contributed by atoms with Gasteiger partial charge in [0, 0.05) is 18.8 Å². The molecule has 0 amide bonds. The summed E-state index contributed by atoms with van der Waals surface area (Å²) in [7, 11) is -0.294. The van der Waals surface area contributed by atoms with E-state index in [1.54, 1.807) is 0 Å². The summed E-state index contributed by atoms with van der Waals surface area (Å²) in [6.45, 7) is 15.5. The van der Waals surface area contributed by atoms with Gasteiger partial charge in [0.05, 0.1) is 23.9 Å². The van der Waals surface area contributed by atoms with Crippen molar-refractivity contribution in [3.8, 4) is 0 Å². The van der Waals surface area contributed by atoms with Gasteiger partial charge in [-0.15, -0.1) is 0 Å². The largest absolute Gasteiger partial charge is 0.494 e. The number of rotatable bonds is 3. The SMILES string of the molecule is CC(C)C1CN(c2ccc(B3OC(C)(C)C(C)(C)O3)cc2)CCO1. The molecule has 2 saturated heterocycles. The lowest BCUT2D eigenvalue weighted by molar-refractivity contribution is 0.00578. The van der Waals surface area contributed by atoms with Crippen molar-refractivity contribution in [1.29, 1.82) is 0 Å². The molecular weight excluding hydrogens is 301 g/mol. The fourth-order valence-corrected chi connectivity index (χ4v) is 3.13. The predicted octanol–water partition coefficient (Wildman–Crippen LogP) is 2.85. The molecule has 2 heterocycles. The summed E-state index contributed by atoms with van der Waals surface area (Å²) in [4.78, 5) is 2.40. The van der Waals surface area contributed by atoms with Gasteiger partial charge in [-0.3, -0.25) is 0 Å². The van der Waals surface area contributed by atoms with Crippen LogP contribution in [0.15, 0.2) is 24.3 Å². The molecule has 5 heteroatoms. The predicted molar refractivity (Wildman–Crippen MR) is 98.9 cm³/mol. The van der Waals surface area contributed by atoms with Crippen LogP contribution in [0.2, 0.25) is 0 Å². The van der Waals surface area contributed by atoms with Crippen molar-refractivity contribution in [2.75, 3.05) is 24.6 Å². The molecule has 0 spiro atoms. The normalized spacial score (nSPS) is 26.2. The molecule has 2 fully saturated rings. The maximum atomic E-state index is 6.13. The first-order chi connectivity index (χ1) is 11.2. The second-order valence-electron chi connectivity index (χ2n) is 8.28. The smallest absolute Gasteiger partial charge is 0.399 e. The topological polar surface area (TPSA) is 30.9 Å². The molecule has 1 aromatic carbocycles. The van der Waals surface area contributed by atoms with Gasteiger partial charge in [-0.2, -0.15) is 0 Å². The monoisotopic (exact) mass is 331 g/mol. The lowest BCUT2D eigenvalue weighted by Crippen LogP contribution is -2.45. The van der Waals surface area contributed by atoms with Crippen LogP contribution in [0.3, 0.4) is 0 Å². The quantitative estimate of drug-likeness (QED) is 0.797. The van der Waals surface area contributed by atoms with Gasteiger partial charge in [0.15, 0.2) is 0 Å². The van der Waals surface area contributed by atoms with Crippen molar-refractivity contribution in [1.82, 2.24) is 0 Å². The molecule has 1 aromatic rings. The third-order valence-electron chi connectivity index (χ3n) is 5.62. The number of hydrogen-bond acceptors (Lipinski definition) is 4. The van der Waals surface area contributed by atoms with Crippen molar-refractivity contribution in [3.63, 3.8) is 0 Å². The highest BCUT2D eigenvalue weighted by molar-refractivity contribution is 6.62. The summed E-state index contributed by atoms with van der Waals surface area (Å²) >= 11 is 0. The standard InChI is InChI=1S/C19H30BNO3/c1-14(2)17-13-21(11-12-22-17)16-9-7-15(8-10-16)20-23-18(3,4)19(5,6)24-20/h7-10,14,17H,11-13H2,1-6H3. The Morgan fingerprint density at radius 3 is 2.17 bits per heavy atom. The molecule has 0 saturated carbocycles. The number of benzene rings is 1. The molecule has 1 atom stereocenters. The first-order valence-electron chi connectivity index (χ1n) is 9.02. The van der Waals surface area contributed by atoms with Crippen molar-refractivity contribution in [2.45, 2.75) is 58.8 Å². The number of hydrogen-bond donors (Lipinski definition) is 0. The van der Waals surface area contributed by atoms with Crippen molar-refractivity contribution < 1.29 is 14.0 Å². The maximum absolute atomic E-state index is 6.13. The van der Waals surface area contributed by atoms with E-state index in [4.69, 9.17) is 14.0 Å². The van der Waals surface area contributed by atoms with Gasteiger partial charge in [-0.05, 0) is 51.2 Å². The molecule has 24 heavy (non-hydrogen) atoms. The van der Waals surface area contributed by atoms with Crippen LogP contribution < -0.4 is 10.4 Å². The van der Waals surface area contributed by atoms with Gasteiger partial charge in [0.2, 0.25) is 0 Å². The van der Waals surface area contributed by atoms with E-state index in [0.717, 1.165) is 25.2 Å². The van der Waals surface area contributed by atoms with E-state index >= 15 is 0 Å². The van der Waals surface area contributed by atoms with Crippen LogP contribution in [0.25, 0.3) is 0 Å². The number of anilines is 1. The van der Waals surface area contributed by atoms with Crippen molar-refractivity contribution in [2.24, 2.45) is 5.92 Å².